The summed E-state index contributed by atoms with van der Waals surface area (Å²) in [5.41, 5.74) is 1.44. The lowest BCUT2D eigenvalue weighted by Gasteiger charge is -2.28. The van der Waals surface area contributed by atoms with Crippen molar-refractivity contribution in [1.29, 1.82) is 0 Å². The monoisotopic (exact) mass is 314 g/mol. The molecule has 0 radical (unpaired) electrons. The van der Waals surface area contributed by atoms with Crippen LogP contribution >= 0.6 is 11.3 Å². The van der Waals surface area contributed by atoms with Gasteiger partial charge in [-0.05, 0) is 49.1 Å². The van der Waals surface area contributed by atoms with Crippen LogP contribution in [0, 0.1) is 0 Å². The van der Waals surface area contributed by atoms with E-state index in [1.807, 2.05) is 11.3 Å². The lowest BCUT2D eigenvalue weighted by molar-refractivity contribution is 0.349. The lowest BCUT2D eigenvalue weighted by atomic mass is 9.94. The summed E-state index contributed by atoms with van der Waals surface area (Å²) >= 11 is 1.85. The first kappa shape index (κ1) is 14.5. The van der Waals surface area contributed by atoms with Crippen molar-refractivity contribution in [3.63, 3.8) is 0 Å². The summed E-state index contributed by atoms with van der Waals surface area (Å²) in [4.78, 5) is 1.50. The number of nitrogens with one attached hydrogen (secondary N) is 1. The Morgan fingerprint density at radius 3 is 3.05 bits per heavy atom. The quantitative estimate of drug-likeness (QED) is 0.926. The van der Waals surface area contributed by atoms with Gasteiger partial charge in [-0.15, -0.1) is 11.3 Å². The molecule has 20 heavy (non-hydrogen) atoms. The van der Waals surface area contributed by atoms with E-state index in [0.29, 0.717) is 12.6 Å². The first-order valence-corrected chi connectivity index (χ1v) is 10.0. The van der Waals surface area contributed by atoms with Crippen LogP contribution in [0.15, 0.2) is 11.4 Å². The molecule has 1 aliphatic heterocycles. The number of aryl methyl sites for hydroxylation is 1. The minimum Gasteiger partial charge on any atom is -0.308 e. The van der Waals surface area contributed by atoms with Crippen molar-refractivity contribution in [2.75, 3.05) is 19.3 Å². The van der Waals surface area contributed by atoms with Gasteiger partial charge in [-0.3, -0.25) is 0 Å². The molecule has 1 fully saturated rings. The third-order valence-corrected chi connectivity index (χ3v) is 6.73. The van der Waals surface area contributed by atoms with Crippen LogP contribution in [0.25, 0.3) is 0 Å². The fourth-order valence-electron chi connectivity index (χ4n) is 3.43. The molecule has 1 aromatic rings. The number of thiophene rings is 1. The van der Waals surface area contributed by atoms with E-state index in [-0.39, 0.29) is 6.04 Å². The molecule has 2 heterocycles. The van der Waals surface area contributed by atoms with Crippen molar-refractivity contribution in [3.05, 3.63) is 21.9 Å². The van der Waals surface area contributed by atoms with E-state index in [0.717, 1.165) is 25.8 Å². The Balaban J connectivity index is 1.63. The molecular formula is C14H22N2O2S2. The number of hydrogen-bond donors (Lipinski definition) is 1. The van der Waals surface area contributed by atoms with Crippen LogP contribution in [0.1, 0.15) is 42.2 Å². The fourth-order valence-corrected chi connectivity index (χ4v) is 5.60. The van der Waals surface area contributed by atoms with E-state index in [4.69, 9.17) is 0 Å². The minimum absolute atomic E-state index is 0.133. The second-order valence-electron chi connectivity index (χ2n) is 5.82. The van der Waals surface area contributed by atoms with Crippen LogP contribution in [0.5, 0.6) is 0 Å². The van der Waals surface area contributed by atoms with Crippen LogP contribution in [-0.4, -0.2) is 38.1 Å². The summed E-state index contributed by atoms with van der Waals surface area (Å²) in [5.74, 6) is 0. The molecule has 1 saturated heterocycles. The van der Waals surface area contributed by atoms with Gasteiger partial charge in [0.05, 0.1) is 6.26 Å². The normalized spacial score (nSPS) is 27.6. The van der Waals surface area contributed by atoms with Gasteiger partial charge >= 0.3 is 0 Å². The van der Waals surface area contributed by atoms with Gasteiger partial charge in [0, 0.05) is 30.1 Å². The van der Waals surface area contributed by atoms with E-state index >= 15 is 0 Å². The third kappa shape index (κ3) is 2.93. The van der Waals surface area contributed by atoms with Gasteiger partial charge in [0.2, 0.25) is 10.0 Å². The Bertz CT molecular complexity index is 567. The van der Waals surface area contributed by atoms with Gasteiger partial charge < -0.3 is 5.32 Å². The van der Waals surface area contributed by atoms with Gasteiger partial charge in [0.15, 0.2) is 0 Å². The Morgan fingerprint density at radius 1 is 1.40 bits per heavy atom. The molecule has 0 aromatic carbocycles. The van der Waals surface area contributed by atoms with Crippen LogP contribution in [-0.2, 0) is 16.4 Å². The predicted octanol–water partition coefficient (Wildman–Crippen LogP) is 2.14. The molecule has 0 unspecified atom stereocenters. The molecule has 0 bridgehead atoms. The number of rotatable bonds is 4. The Morgan fingerprint density at radius 2 is 2.25 bits per heavy atom. The maximum Gasteiger partial charge on any atom is 0.211 e. The highest BCUT2D eigenvalue weighted by Gasteiger charge is 2.32. The van der Waals surface area contributed by atoms with Crippen LogP contribution in [0.2, 0.25) is 0 Å². The zero-order valence-corrected chi connectivity index (χ0v) is 13.5. The van der Waals surface area contributed by atoms with Crippen molar-refractivity contribution in [2.45, 2.75) is 44.2 Å². The molecule has 0 saturated carbocycles. The maximum atomic E-state index is 11.8. The lowest BCUT2D eigenvalue weighted by Crippen LogP contribution is -2.42. The Hall–Kier alpha value is -0.430. The van der Waals surface area contributed by atoms with E-state index in [1.54, 1.807) is 4.31 Å². The average molecular weight is 314 g/mol. The second-order valence-corrected chi connectivity index (χ2v) is 8.76. The van der Waals surface area contributed by atoms with Crippen molar-refractivity contribution < 1.29 is 8.42 Å². The SMILES string of the molecule is CS(=O)(=O)N1CCC[C@@H]1CN[C@@H]1CCCc2sccc21. The predicted molar refractivity (Wildman–Crippen MR) is 82.6 cm³/mol. The van der Waals surface area contributed by atoms with Crippen molar-refractivity contribution >= 4 is 21.4 Å². The van der Waals surface area contributed by atoms with Crippen LogP contribution in [0.4, 0.5) is 0 Å². The second kappa shape index (κ2) is 5.75. The maximum absolute atomic E-state index is 11.8. The van der Waals surface area contributed by atoms with Gasteiger partial charge in [-0.1, -0.05) is 0 Å². The number of nitrogens with zero attached hydrogens (tertiary/aromatic N) is 1. The molecule has 0 amide bonds. The number of hydrogen-bond acceptors (Lipinski definition) is 4. The van der Waals surface area contributed by atoms with E-state index in [2.05, 4.69) is 16.8 Å². The van der Waals surface area contributed by atoms with Gasteiger partial charge in [0.25, 0.3) is 0 Å². The zero-order valence-electron chi connectivity index (χ0n) is 11.8. The van der Waals surface area contributed by atoms with Crippen LogP contribution < -0.4 is 5.32 Å². The highest BCUT2D eigenvalue weighted by Crippen LogP contribution is 2.33. The third-order valence-electron chi connectivity index (χ3n) is 4.40. The molecule has 2 aliphatic rings. The van der Waals surface area contributed by atoms with Gasteiger partial charge in [-0.25, -0.2) is 8.42 Å². The van der Waals surface area contributed by atoms with Crippen molar-refractivity contribution in [3.8, 4) is 0 Å². The number of sulfonamides is 1. The van der Waals surface area contributed by atoms with E-state index < -0.39 is 10.0 Å². The molecular weight excluding hydrogens is 292 g/mol. The fraction of sp³-hybridized carbons (Fsp3) is 0.714. The van der Waals surface area contributed by atoms with E-state index in [9.17, 15) is 8.42 Å². The van der Waals surface area contributed by atoms with Crippen molar-refractivity contribution in [2.24, 2.45) is 0 Å². The zero-order chi connectivity index (χ0) is 14.2. The summed E-state index contributed by atoms with van der Waals surface area (Å²) in [6, 6.07) is 2.76. The summed E-state index contributed by atoms with van der Waals surface area (Å²) in [6.07, 6.45) is 6.87. The first-order valence-electron chi connectivity index (χ1n) is 7.32. The highest BCUT2D eigenvalue weighted by atomic mass is 32.2. The molecule has 2 atom stereocenters. The smallest absolute Gasteiger partial charge is 0.211 e. The molecule has 1 N–H and O–H groups in total. The topological polar surface area (TPSA) is 49.4 Å². The number of fused-ring (bicyclic) bond motifs is 1. The van der Waals surface area contributed by atoms with Gasteiger partial charge in [-0.2, -0.15) is 4.31 Å². The summed E-state index contributed by atoms with van der Waals surface area (Å²) in [7, 11) is -3.06. The average Bonchev–Trinajstić information content (AvgIpc) is 3.04. The van der Waals surface area contributed by atoms with Crippen LogP contribution in [0.3, 0.4) is 0 Å². The Kier molecular flexibility index (Phi) is 4.17. The molecule has 0 spiro atoms. The molecule has 1 aromatic heterocycles. The molecule has 6 heteroatoms. The molecule has 3 rings (SSSR count). The minimum atomic E-state index is -3.06. The Labute approximate surface area is 125 Å². The summed E-state index contributed by atoms with van der Waals surface area (Å²) in [6.45, 7) is 1.45. The largest absolute Gasteiger partial charge is 0.308 e. The molecule has 112 valence electrons. The van der Waals surface area contributed by atoms with E-state index in [1.165, 1.54) is 29.5 Å². The standard InChI is InChI=1S/C14H22N2O2S2/c1-20(17,18)16-8-3-4-11(16)10-15-13-5-2-6-14-12(13)7-9-19-14/h7,9,11,13,15H,2-6,8,10H2,1H3/t11-,13-/m1/s1. The summed E-state index contributed by atoms with van der Waals surface area (Å²) in [5, 5.41) is 5.78. The molecule has 4 nitrogen and oxygen atoms in total. The highest BCUT2D eigenvalue weighted by molar-refractivity contribution is 7.88. The molecule has 1 aliphatic carbocycles. The first-order chi connectivity index (χ1) is 9.55. The summed E-state index contributed by atoms with van der Waals surface area (Å²) < 4.78 is 25.2. The van der Waals surface area contributed by atoms with Gasteiger partial charge in [0.1, 0.15) is 0 Å². The van der Waals surface area contributed by atoms with Crippen molar-refractivity contribution in [1.82, 2.24) is 9.62 Å².